The van der Waals surface area contributed by atoms with Crippen LogP contribution in [0.1, 0.15) is 33.1 Å². The topological polar surface area (TPSA) is 47.9 Å². The lowest BCUT2D eigenvalue weighted by Gasteiger charge is -2.34. The van der Waals surface area contributed by atoms with Gasteiger partial charge in [0, 0.05) is 30.1 Å². The number of carbonyl (C=O) groups is 1. The van der Waals surface area contributed by atoms with Crippen molar-refractivity contribution in [3.8, 4) is 0 Å². The van der Waals surface area contributed by atoms with Gasteiger partial charge in [-0.3, -0.25) is 9.79 Å². The number of piperidine rings is 1. The minimum absolute atomic E-state index is 0.193. The average molecular weight is 322 g/mol. The summed E-state index contributed by atoms with van der Waals surface area (Å²) in [5.74, 6) is 0.740. The molecule has 0 aromatic rings. The molecule has 1 fully saturated rings. The van der Waals surface area contributed by atoms with Crippen molar-refractivity contribution in [1.29, 1.82) is 0 Å². The Balaban J connectivity index is 1.38. The number of hydrogen-bond acceptors (Lipinski definition) is 5. The summed E-state index contributed by atoms with van der Waals surface area (Å²) < 4.78 is 0. The Kier molecular flexibility index (Phi) is 5.08. The standard InChI is InChI=1S/C16H26N4OS/c1-12(2)19-6-3-13(4-7-19)9-15(21)18-10-14-11-22-16-17-5-8-20(14)16/h11-13H,3-10H2,1-2H3,(H,18,21). The first kappa shape index (κ1) is 15.9. The van der Waals surface area contributed by atoms with Crippen LogP contribution in [0.25, 0.3) is 0 Å². The van der Waals surface area contributed by atoms with E-state index in [1.54, 1.807) is 11.8 Å². The van der Waals surface area contributed by atoms with Crippen LogP contribution in [0, 0.1) is 5.92 Å². The third-order valence-corrected chi connectivity index (χ3v) is 5.72. The van der Waals surface area contributed by atoms with Crippen LogP contribution in [0.4, 0.5) is 0 Å². The van der Waals surface area contributed by atoms with Crippen LogP contribution in [0.15, 0.2) is 16.1 Å². The number of carbonyl (C=O) groups excluding carboxylic acids is 1. The molecule has 0 radical (unpaired) electrons. The Hall–Kier alpha value is -1.01. The lowest BCUT2D eigenvalue weighted by Crippen LogP contribution is -2.40. The average Bonchev–Trinajstić information content (AvgIpc) is 3.09. The van der Waals surface area contributed by atoms with Gasteiger partial charge < -0.3 is 15.1 Å². The van der Waals surface area contributed by atoms with Gasteiger partial charge in [-0.15, -0.1) is 0 Å². The monoisotopic (exact) mass is 322 g/mol. The van der Waals surface area contributed by atoms with E-state index in [1.807, 2.05) is 0 Å². The van der Waals surface area contributed by atoms with E-state index in [9.17, 15) is 4.79 Å². The highest BCUT2D eigenvalue weighted by Crippen LogP contribution is 2.28. The Morgan fingerprint density at radius 3 is 2.91 bits per heavy atom. The number of amides is 1. The SMILES string of the molecule is CC(C)N1CCC(CC(=O)NCC2=CSC3=NCCN23)CC1. The lowest BCUT2D eigenvalue weighted by atomic mass is 9.92. The predicted molar refractivity (Wildman–Crippen MR) is 91.7 cm³/mol. The van der Waals surface area contributed by atoms with E-state index in [0.717, 1.165) is 44.2 Å². The molecule has 3 rings (SSSR count). The molecule has 0 spiro atoms. The number of rotatable bonds is 5. The van der Waals surface area contributed by atoms with Crippen molar-refractivity contribution in [1.82, 2.24) is 15.1 Å². The second-order valence-electron chi connectivity index (χ2n) is 6.60. The van der Waals surface area contributed by atoms with Crippen molar-refractivity contribution in [2.24, 2.45) is 10.9 Å². The summed E-state index contributed by atoms with van der Waals surface area (Å²) >= 11 is 1.67. The molecule has 0 saturated carbocycles. The summed E-state index contributed by atoms with van der Waals surface area (Å²) in [6.45, 7) is 9.22. The van der Waals surface area contributed by atoms with Crippen molar-refractivity contribution in [2.75, 3.05) is 32.7 Å². The molecule has 0 atom stereocenters. The van der Waals surface area contributed by atoms with Crippen molar-refractivity contribution in [2.45, 2.75) is 39.2 Å². The minimum Gasteiger partial charge on any atom is -0.350 e. The number of thioether (sulfide) groups is 1. The van der Waals surface area contributed by atoms with Crippen LogP contribution >= 0.6 is 11.8 Å². The maximum atomic E-state index is 12.2. The molecule has 0 aliphatic carbocycles. The summed E-state index contributed by atoms with van der Waals surface area (Å²) in [6, 6.07) is 0.623. The maximum Gasteiger partial charge on any atom is 0.220 e. The molecule has 6 heteroatoms. The summed E-state index contributed by atoms with van der Waals surface area (Å²) in [5.41, 5.74) is 1.18. The fourth-order valence-electron chi connectivity index (χ4n) is 3.31. The van der Waals surface area contributed by atoms with Gasteiger partial charge in [-0.05, 0) is 45.7 Å². The predicted octanol–water partition coefficient (Wildman–Crippen LogP) is 1.87. The first-order valence-corrected chi connectivity index (χ1v) is 9.20. The molecule has 0 bridgehead atoms. The second-order valence-corrected chi connectivity index (χ2v) is 7.43. The minimum atomic E-state index is 0.193. The summed E-state index contributed by atoms with van der Waals surface area (Å²) in [7, 11) is 0. The Morgan fingerprint density at radius 2 is 2.18 bits per heavy atom. The third kappa shape index (κ3) is 3.66. The molecule has 0 unspecified atom stereocenters. The lowest BCUT2D eigenvalue weighted by molar-refractivity contribution is -0.122. The zero-order valence-electron chi connectivity index (χ0n) is 13.5. The van der Waals surface area contributed by atoms with Crippen molar-refractivity contribution < 1.29 is 4.79 Å². The fourth-order valence-corrected chi connectivity index (χ4v) is 4.27. The van der Waals surface area contributed by atoms with Crippen molar-refractivity contribution in [3.05, 3.63) is 11.1 Å². The van der Waals surface area contributed by atoms with E-state index in [1.165, 1.54) is 5.70 Å². The zero-order chi connectivity index (χ0) is 15.5. The van der Waals surface area contributed by atoms with E-state index < -0.39 is 0 Å². The highest BCUT2D eigenvalue weighted by atomic mass is 32.2. The van der Waals surface area contributed by atoms with E-state index in [4.69, 9.17) is 0 Å². The molecule has 0 aromatic carbocycles. The summed E-state index contributed by atoms with van der Waals surface area (Å²) in [5, 5.41) is 6.29. The van der Waals surface area contributed by atoms with Gasteiger partial charge in [0.05, 0.1) is 13.1 Å². The van der Waals surface area contributed by atoms with Gasteiger partial charge in [0.15, 0.2) is 5.17 Å². The highest BCUT2D eigenvalue weighted by Gasteiger charge is 2.27. The molecule has 122 valence electrons. The van der Waals surface area contributed by atoms with E-state index in [0.29, 0.717) is 24.9 Å². The second kappa shape index (κ2) is 7.04. The molecule has 5 nitrogen and oxygen atoms in total. The van der Waals surface area contributed by atoms with Gasteiger partial charge in [0.25, 0.3) is 0 Å². The molecule has 3 aliphatic heterocycles. The van der Waals surface area contributed by atoms with Crippen LogP contribution in [0.3, 0.4) is 0 Å². The molecule has 22 heavy (non-hydrogen) atoms. The molecule has 1 N–H and O–H groups in total. The Labute approximate surface area is 137 Å². The molecule has 3 heterocycles. The van der Waals surface area contributed by atoms with Gasteiger partial charge in [-0.2, -0.15) is 0 Å². The van der Waals surface area contributed by atoms with Gasteiger partial charge in [-0.25, -0.2) is 0 Å². The highest BCUT2D eigenvalue weighted by molar-refractivity contribution is 8.16. The van der Waals surface area contributed by atoms with Gasteiger partial charge >= 0.3 is 0 Å². The summed E-state index contributed by atoms with van der Waals surface area (Å²) in [6.07, 6.45) is 2.97. The van der Waals surface area contributed by atoms with Crippen LogP contribution in [-0.2, 0) is 4.79 Å². The zero-order valence-corrected chi connectivity index (χ0v) is 14.4. The van der Waals surface area contributed by atoms with E-state index >= 15 is 0 Å². The number of aliphatic imine (C=N–C) groups is 1. The maximum absolute atomic E-state index is 12.2. The van der Waals surface area contributed by atoms with E-state index in [-0.39, 0.29) is 5.91 Å². The molecule has 3 aliphatic rings. The largest absolute Gasteiger partial charge is 0.350 e. The van der Waals surface area contributed by atoms with Gasteiger partial charge in [0.1, 0.15) is 0 Å². The van der Waals surface area contributed by atoms with E-state index in [2.05, 4.69) is 39.4 Å². The fraction of sp³-hybridized carbons (Fsp3) is 0.750. The normalized spacial score (nSPS) is 22.8. The first-order valence-electron chi connectivity index (χ1n) is 8.32. The number of hydrogen-bond donors (Lipinski definition) is 1. The Morgan fingerprint density at radius 1 is 1.41 bits per heavy atom. The number of amidine groups is 1. The number of fused-ring (bicyclic) bond motifs is 1. The van der Waals surface area contributed by atoms with Crippen LogP contribution in [0.5, 0.6) is 0 Å². The number of likely N-dealkylation sites (tertiary alicyclic amines) is 1. The van der Waals surface area contributed by atoms with Crippen LogP contribution < -0.4 is 5.32 Å². The quantitative estimate of drug-likeness (QED) is 0.839. The first-order chi connectivity index (χ1) is 10.6. The molecular weight excluding hydrogens is 296 g/mol. The molecular formula is C16H26N4OS. The smallest absolute Gasteiger partial charge is 0.220 e. The molecule has 0 aromatic heterocycles. The van der Waals surface area contributed by atoms with Crippen molar-refractivity contribution >= 4 is 22.8 Å². The number of nitrogens with one attached hydrogen (secondary N) is 1. The van der Waals surface area contributed by atoms with Crippen molar-refractivity contribution in [3.63, 3.8) is 0 Å². The third-order valence-electron chi connectivity index (χ3n) is 4.77. The van der Waals surface area contributed by atoms with Gasteiger partial charge in [0.2, 0.25) is 5.91 Å². The number of nitrogens with zero attached hydrogens (tertiary/aromatic N) is 3. The summed E-state index contributed by atoms with van der Waals surface area (Å²) in [4.78, 5) is 21.3. The Bertz CT molecular complexity index is 481. The molecule has 1 amide bonds. The van der Waals surface area contributed by atoms with Crippen LogP contribution in [0.2, 0.25) is 0 Å². The molecule has 1 saturated heterocycles. The van der Waals surface area contributed by atoms with Gasteiger partial charge in [-0.1, -0.05) is 11.8 Å². The van der Waals surface area contributed by atoms with Crippen LogP contribution in [-0.4, -0.2) is 59.6 Å².